The smallest absolute Gasteiger partial charge is 0.154 e. The molecule has 0 atom stereocenters. The van der Waals surface area contributed by atoms with Gasteiger partial charge in [-0.2, -0.15) is 0 Å². The minimum absolute atomic E-state index is 0.479. The number of hydrogen-bond donors (Lipinski definition) is 0. The molecule has 2 rings (SSSR count). The van der Waals surface area contributed by atoms with Crippen molar-refractivity contribution in [2.75, 3.05) is 14.1 Å². The van der Waals surface area contributed by atoms with Crippen molar-refractivity contribution in [3.63, 3.8) is 0 Å². The first-order valence-electron chi connectivity index (χ1n) is 5.81. The molecule has 0 amide bonds. The topological polar surface area (TPSA) is 3.24 Å². The van der Waals surface area contributed by atoms with E-state index in [0.717, 1.165) is 9.68 Å². The molecule has 0 saturated carbocycles. The van der Waals surface area contributed by atoms with Crippen molar-refractivity contribution in [1.29, 1.82) is 0 Å². The third-order valence-electron chi connectivity index (χ3n) is 2.65. The standard InChI is InChI=1S/C15H17NSi/c1-16(2)17-15(13-9-5-3-6-10-13)14-11-7-4-8-12-14/h3-12,15H,1-2H3. The summed E-state index contributed by atoms with van der Waals surface area (Å²) in [6.07, 6.45) is 0. The lowest BCUT2D eigenvalue weighted by Crippen LogP contribution is -2.25. The first-order chi connectivity index (χ1) is 8.27. The molecule has 0 aromatic heterocycles. The highest BCUT2D eigenvalue weighted by Gasteiger charge is 2.15. The lowest BCUT2D eigenvalue weighted by atomic mass is 10.0. The summed E-state index contributed by atoms with van der Waals surface area (Å²) in [5.74, 6) is 0. The van der Waals surface area contributed by atoms with Crippen LogP contribution in [-0.4, -0.2) is 28.3 Å². The molecule has 0 N–H and O–H groups in total. The summed E-state index contributed by atoms with van der Waals surface area (Å²) in [4.78, 5) is 0. The van der Waals surface area contributed by atoms with Crippen LogP contribution < -0.4 is 0 Å². The average molecular weight is 239 g/mol. The SMILES string of the molecule is CN(C)[Si]C(c1ccccc1)c1ccccc1. The third kappa shape index (κ3) is 3.28. The largest absolute Gasteiger partial charge is 0.330 e. The zero-order chi connectivity index (χ0) is 12.1. The summed E-state index contributed by atoms with van der Waals surface area (Å²) < 4.78 is 2.27. The molecule has 0 aliphatic rings. The molecule has 0 heterocycles. The van der Waals surface area contributed by atoms with Crippen LogP contribution in [0, 0.1) is 0 Å². The molecular formula is C15H17NSi. The molecule has 2 aromatic rings. The van der Waals surface area contributed by atoms with E-state index in [1.807, 2.05) is 0 Å². The molecular weight excluding hydrogens is 222 g/mol. The Bertz CT molecular complexity index is 399. The van der Waals surface area contributed by atoms with Crippen LogP contribution in [0.25, 0.3) is 0 Å². The minimum atomic E-state index is 0.479. The van der Waals surface area contributed by atoms with Gasteiger partial charge in [-0.3, -0.25) is 0 Å². The molecule has 2 radical (unpaired) electrons. The fourth-order valence-corrected chi connectivity index (χ4v) is 3.09. The van der Waals surface area contributed by atoms with Crippen molar-refractivity contribution in [1.82, 2.24) is 4.57 Å². The summed E-state index contributed by atoms with van der Waals surface area (Å²) in [6.45, 7) is 0. The van der Waals surface area contributed by atoms with Crippen molar-refractivity contribution >= 4 is 9.68 Å². The van der Waals surface area contributed by atoms with Gasteiger partial charge in [0.25, 0.3) is 0 Å². The minimum Gasteiger partial charge on any atom is -0.330 e. The van der Waals surface area contributed by atoms with Crippen molar-refractivity contribution in [2.45, 2.75) is 5.54 Å². The highest BCUT2D eigenvalue weighted by molar-refractivity contribution is 6.35. The molecule has 0 fully saturated rings. The van der Waals surface area contributed by atoms with Gasteiger partial charge in [0.15, 0.2) is 9.68 Å². The average Bonchev–Trinajstić information content (AvgIpc) is 2.38. The normalized spacial score (nSPS) is 11.1. The lowest BCUT2D eigenvalue weighted by Gasteiger charge is -2.20. The van der Waals surface area contributed by atoms with Crippen LogP contribution in [0.15, 0.2) is 60.7 Å². The molecule has 2 heteroatoms. The highest BCUT2D eigenvalue weighted by atomic mass is 28.2. The predicted molar refractivity (Wildman–Crippen MR) is 74.2 cm³/mol. The fourth-order valence-electron chi connectivity index (χ4n) is 1.89. The van der Waals surface area contributed by atoms with Crippen molar-refractivity contribution in [3.05, 3.63) is 71.8 Å². The van der Waals surface area contributed by atoms with E-state index in [1.54, 1.807) is 0 Å². The molecule has 0 saturated heterocycles. The van der Waals surface area contributed by atoms with Crippen LogP contribution in [0.5, 0.6) is 0 Å². The van der Waals surface area contributed by atoms with Gasteiger partial charge in [-0.15, -0.1) is 0 Å². The molecule has 0 aliphatic heterocycles. The second kappa shape index (κ2) is 5.80. The van der Waals surface area contributed by atoms with Gasteiger partial charge in [-0.05, 0) is 25.2 Å². The summed E-state index contributed by atoms with van der Waals surface area (Å²) in [5.41, 5.74) is 3.27. The Morgan fingerprint density at radius 2 is 1.18 bits per heavy atom. The van der Waals surface area contributed by atoms with Gasteiger partial charge in [0.2, 0.25) is 0 Å². The van der Waals surface area contributed by atoms with Crippen LogP contribution in [0.3, 0.4) is 0 Å². The van der Waals surface area contributed by atoms with E-state index in [0.29, 0.717) is 5.54 Å². The number of benzene rings is 2. The Hall–Kier alpha value is -1.38. The molecule has 0 unspecified atom stereocenters. The van der Waals surface area contributed by atoms with Gasteiger partial charge in [0.1, 0.15) is 0 Å². The number of nitrogens with zero attached hydrogens (tertiary/aromatic N) is 1. The van der Waals surface area contributed by atoms with E-state index in [1.165, 1.54) is 11.1 Å². The van der Waals surface area contributed by atoms with Gasteiger partial charge in [0.05, 0.1) is 0 Å². The van der Waals surface area contributed by atoms with Crippen LogP contribution in [0.1, 0.15) is 16.7 Å². The maximum absolute atomic E-state index is 2.27. The molecule has 2 aromatic carbocycles. The van der Waals surface area contributed by atoms with Crippen LogP contribution >= 0.6 is 0 Å². The zero-order valence-electron chi connectivity index (χ0n) is 10.3. The van der Waals surface area contributed by atoms with Crippen molar-refractivity contribution < 1.29 is 0 Å². The van der Waals surface area contributed by atoms with E-state index in [9.17, 15) is 0 Å². The van der Waals surface area contributed by atoms with Gasteiger partial charge < -0.3 is 4.57 Å². The van der Waals surface area contributed by atoms with E-state index in [2.05, 4.69) is 79.3 Å². The summed E-state index contributed by atoms with van der Waals surface area (Å²) in [5, 5.41) is 0. The maximum atomic E-state index is 2.27. The van der Waals surface area contributed by atoms with Crippen LogP contribution in [-0.2, 0) is 0 Å². The Balaban J connectivity index is 2.32. The third-order valence-corrected chi connectivity index (χ3v) is 4.09. The molecule has 0 spiro atoms. The Morgan fingerprint density at radius 3 is 1.53 bits per heavy atom. The highest BCUT2D eigenvalue weighted by Crippen LogP contribution is 2.23. The van der Waals surface area contributed by atoms with Crippen molar-refractivity contribution in [3.8, 4) is 0 Å². The molecule has 0 aliphatic carbocycles. The van der Waals surface area contributed by atoms with E-state index >= 15 is 0 Å². The lowest BCUT2D eigenvalue weighted by molar-refractivity contribution is 0.649. The fraction of sp³-hybridized carbons (Fsp3) is 0.200. The van der Waals surface area contributed by atoms with Crippen molar-refractivity contribution in [2.24, 2.45) is 0 Å². The molecule has 86 valence electrons. The first-order valence-corrected chi connectivity index (χ1v) is 6.83. The van der Waals surface area contributed by atoms with Crippen LogP contribution in [0.2, 0.25) is 0 Å². The summed E-state index contributed by atoms with van der Waals surface area (Å²) in [6, 6.07) is 21.5. The summed E-state index contributed by atoms with van der Waals surface area (Å²) >= 11 is 0. The van der Waals surface area contributed by atoms with Gasteiger partial charge in [0, 0.05) is 5.54 Å². The van der Waals surface area contributed by atoms with E-state index in [-0.39, 0.29) is 0 Å². The first kappa shape index (κ1) is 12.1. The Morgan fingerprint density at radius 1 is 0.765 bits per heavy atom. The number of hydrogen-bond acceptors (Lipinski definition) is 1. The van der Waals surface area contributed by atoms with Gasteiger partial charge >= 0.3 is 0 Å². The second-order valence-corrected chi connectivity index (χ2v) is 6.01. The van der Waals surface area contributed by atoms with E-state index in [4.69, 9.17) is 0 Å². The quantitative estimate of drug-likeness (QED) is 0.742. The Labute approximate surface area is 106 Å². The zero-order valence-corrected chi connectivity index (χ0v) is 11.3. The summed E-state index contributed by atoms with van der Waals surface area (Å²) in [7, 11) is 5.04. The van der Waals surface area contributed by atoms with Crippen LogP contribution in [0.4, 0.5) is 0 Å². The second-order valence-electron chi connectivity index (χ2n) is 4.28. The maximum Gasteiger partial charge on any atom is 0.154 e. The van der Waals surface area contributed by atoms with Gasteiger partial charge in [-0.1, -0.05) is 60.7 Å². The Kier molecular flexibility index (Phi) is 4.12. The molecule has 17 heavy (non-hydrogen) atoms. The monoisotopic (exact) mass is 239 g/mol. The molecule has 1 nitrogen and oxygen atoms in total. The van der Waals surface area contributed by atoms with Gasteiger partial charge in [-0.25, -0.2) is 0 Å². The van der Waals surface area contributed by atoms with E-state index < -0.39 is 0 Å². The number of rotatable bonds is 4. The molecule has 0 bridgehead atoms. The predicted octanol–water partition coefficient (Wildman–Crippen LogP) is 2.96.